The lowest BCUT2D eigenvalue weighted by atomic mass is 10.1. The zero-order chi connectivity index (χ0) is 19.4. The van der Waals surface area contributed by atoms with Crippen LogP contribution in [0.15, 0.2) is 42.5 Å². The highest BCUT2D eigenvalue weighted by molar-refractivity contribution is 6.05. The molecule has 1 aliphatic heterocycles. The van der Waals surface area contributed by atoms with E-state index in [1.165, 1.54) is 0 Å². The van der Waals surface area contributed by atoms with Crippen molar-refractivity contribution in [3.05, 3.63) is 64.7 Å². The molecule has 1 N–H and O–H groups in total. The van der Waals surface area contributed by atoms with Crippen LogP contribution in [-0.2, 0) is 0 Å². The Balaban J connectivity index is 1.64. The summed E-state index contributed by atoms with van der Waals surface area (Å²) in [6.07, 6.45) is 0. The minimum atomic E-state index is -0.169. The molecule has 1 saturated heterocycles. The summed E-state index contributed by atoms with van der Waals surface area (Å²) in [7, 11) is 0. The van der Waals surface area contributed by atoms with E-state index >= 15 is 0 Å². The summed E-state index contributed by atoms with van der Waals surface area (Å²) < 4.78 is 0. The molecule has 0 unspecified atom stereocenters. The van der Waals surface area contributed by atoms with Crippen molar-refractivity contribution in [3.63, 3.8) is 0 Å². The molecule has 2 aromatic carbocycles. The topological polar surface area (TPSA) is 52.7 Å². The molecular formula is C22H27N3O2. The number of hydrogen-bond acceptors (Lipinski definition) is 3. The molecule has 0 aromatic heterocycles. The molecule has 0 bridgehead atoms. The number of likely N-dealkylation sites (N-methyl/N-ethyl adjacent to an activating group) is 1. The fourth-order valence-electron chi connectivity index (χ4n) is 3.36. The lowest BCUT2D eigenvalue weighted by molar-refractivity contribution is 0.0643. The number of piperazine rings is 1. The van der Waals surface area contributed by atoms with Gasteiger partial charge in [0.1, 0.15) is 0 Å². The smallest absolute Gasteiger partial charge is 0.255 e. The molecule has 0 aliphatic carbocycles. The predicted molar refractivity (Wildman–Crippen MR) is 108 cm³/mol. The van der Waals surface area contributed by atoms with Gasteiger partial charge in [-0.05, 0) is 56.3 Å². The number of anilines is 1. The molecule has 2 aromatic rings. The molecule has 2 amide bonds. The second kappa shape index (κ2) is 8.35. The largest absolute Gasteiger partial charge is 0.336 e. The maximum atomic E-state index is 12.7. The Labute approximate surface area is 161 Å². The van der Waals surface area contributed by atoms with Crippen LogP contribution in [0.2, 0.25) is 0 Å². The highest BCUT2D eigenvalue weighted by atomic mass is 16.2. The number of rotatable bonds is 4. The Morgan fingerprint density at radius 2 is 1.56 bits per heavy atom. The fourth-order valence-corrected chi connectivity index (χ4v) is 3.36. The lowest BCUT2D eigenvalue weighted by Gasteiger charge is -2.34. The molecule has 0 saturated carbocycles. The van der Waals surface area contributed by atoms with E-state index in [1.54, 1.807) is 24.3 Å². The Bertz CT molecular complexity index is 822. The SMILES string of the molecule is CCN1CCN(C(=O)c2ccc(C(=O)Nc3ccc(C)cc3C)cc2)CC1. The van der Waals surface area contributed by atoms with Crippen molar-refractivity contribution in [2.75, 3.05) is 38.0 Å². The van der Waals surface area contributed by atoms with E-state index < -0.39 is 0 Å². The number of benzene rings is 2. The summed E-state index contributed by atoms with van der Waals surface area (Å²) in [5, 5.41) is 2.94. The van der Waals surface area contributed by atoms with Gasteiger partial charge >= 0.3 is 0 Å². The molecule has 5 heteroatoms. The quantitative estimate of drug-likeness (QED) is 0.904. The van der Waals surface area contributed by atoms with Crippen LogP contribution in [0.25, 0.3) is 0 Å². The van der Waals surface area contributed by atoms with Crippen molar-refractivity contribution in [1.82, 2.24) is 9.80 Å². The third-order valence-electron chi connectivity index (χ3n) is 5.13. The lowest BCUT2D eigenvalue weighted by Crippen LogP contribution is -2.48. The second-order valence-electron chi connectivity index (χ2n) is 7.08. The normalized spacial score (nSPS) is 14.9. The van der Waals surface area contributed by atoms with E-state index in [0.29, 0.717) is 11.1 Å². The van der Waals surface area contributed by atoms with Crippen LogP contribution in [0, 0.1) is 13.8 Å². The summed E-state index contributed by atoms with van der Waals surface area (Å²) in [6, 6.07) is 12.8. The first-order valence-electron chi connectivity index (χ1n) is 9.48. The number of hydrogen-bond donors (Lipinski definition) is 1. The number of aryl methyl sites for hydroxylation is 2. The van der Waals surface area contributed by atoms with Crippen molar-refractivity contribution < 1.29 is 9.59 Å². The zero-order valence-corrected chi connectivity index (χ0v) is 16.3. The van der Waals surface area contributed by atoms with Gasteiger partial charge in [0.05, 0.1) is 0 Å². The number of amides is 2. The average Bonchev–Trinajstić information content (AvgIpc) is 2.69. The number of nitrogens with zero attached hydrogens (tertiary/aromatic N) is 2. The van der Waals surface area contributed by atoms with Gasteiger partial charge in [-0.1, -0.05) is 24.6 Å². The Morgan fingerprint density at radius 3 is 2.15 bits per heavy atom. The van der Waals surface area contributed by atoms with Crippen molar-refractivity contribution in [3.8, 4) is 0 Å². The van der Waals surface area contributed by atoms with Gasteiger partial charge < -0.3 is 15.1 Å². The highest BCUT2D eigenvalue weighted by Crippen LogP contribution is 2.18. The van der Waals surface area contributed by atoms with Crippen LogP contribution in [0.1, 0.15) is 38.8 Å². The van der Waals surface area contributed by atoms with Gasteiger partial charge in [0, 0.05) is 43.0 Å². The van der Waals surface area contributed by atoms with E-state index in [-0.39, 0.29) is 11.8 Å². The first-order chi connectivity index (χ1) is 13.0. The van der Waals surface area contributed by atoms with E-state index in [1.807, 2.05) is 36.9 Å². The van der Waals surface area contributed by atoms with Crippen LogP contribution in [0.5, 0.6) is 0 Å². The maximum absolute atomic E-state index is 12.7. The predicted octanol–water partition coefficient (Wildman–Crippen LogP) is 3.33. The summed E-state index contributed by atoms with van der Waals surface area (Å²) in [5.74, 6) is -0.135. The first kappa shape index (κ1) is 19.1. The van der Waals surface area contributed by atoms with Gasteiger partial charge in [0.15, 0.2) is 0 Å². The summed E-state index contributed by atoms with van der Waals surface area (Å²) in [6.45, 7) is 10.5. The molecule has 0 spiro atoms. The third-order valence-corrected chi connectivity index (χ3v) is 5.13. The molecule has 142 valence electrons. The van der Waals surface area contributed by atoms with Gasteiger partial charge in [-0.15, -0.1) is 0 Å². The Hall–Kier alpha value is -2.66. The molecule has 5 nitrogen and oxygen atoms in total. The first-order valence-corrected chi connectivity index (χ1v) is 9.48. The zero-order valence-electron chi connectivity index (χ0n) is 16.3. The van der Waals surface area contributed by atoms with Gasteiger partial charge in [0.2, 0.25) is 0 Å². The molecule has 1 fully saturated rings. The van der Waals surface area contributed by atoms with Crippen LogP contribution in [-0.4, -0.2) is 54.3 Å². The monoisotopic (exact) mass is 365 g/mol. The van der Waals surface area contributed by atoms with E-state index in [9.17, 15) is 9.59 Å². The Morgan fingerprint density at radius 1 is 0.926 bits per heavy atom. The average molecular weight is 365 g/mol. The Kier molecular flexibility index (Phi) is 5.91. The second-order valence-corrected chi connectivity index (χ2v) is 7.08. The number of carbonyl (C=O) groups excluding carboxylic acids is 2. The molecule has 1 aliphatic rings. The van der Waals surface area contributed by atoms with Gasteiger partial charge in [-0.3, -0.25) is 9.59 Å². The van der Waals surface area contributed by atoms with Gasteiger partial charge in [-0.25, -0.2) is 0 Å². The highest BCUT2D eigenvalue weighted by Gasteiger charge is 2.21. The van der Waals surface area contributed by atoms with Crippen molar-refractivity contribution in [2.24, 2.45) is 0 Å². The van der Waals surface area contributed by atoms with E-state index in [4.69, 9.17) is 0 Å². The van der Waals surface area contributed by atoms with Crippen molar-refractivity contribution in [1.29, 1.82) is 0 Å². The van der Waals surface area contributed by atoms with Crippen LogP contribution < -0.4 is 5.32 Å². The van der Waals surface area contributed by atoms with Crippen LogP contribution in [0.3, 0.4) is 0 Å². The molecule has 3 rings (SSSR count). The van der Waals surface area contributed by atoms with Crippen molar-refractivity contribution in [2.45, 2.75) is 20.8 Å². The van der Waals surface area contributed by atoms with Gasteiger partial charge in [0.25, 0.3) is 11.8 Å². The number of nitrogens with one attached hydrogen (secondary N) is 1. The summed E-state index contributed by atoms with van der Waals surface area (Å²) >= 11 is 0. The summed E-state index contributed by atoms with van der Waals surface area (Å²) in [5.41, 5.74) is 4.17. The number of carbonyl (C=O) groups is 2. The van der Waals surface area contributed by atoms with Crippen molar-refractivity contribution >= 4 is 17.5 Å². The standard InChI is InChI=1S/C22H27N3O2/c1-4-24-11-13-25(14-12-24)22(27)19-8-6-18(7-9-19)21(26)23-20-10-5-16(2)15-17(20)3/h5-10,15H,4,11-14H2,1-3H3,(H,23,26). The van der Waals surface area contributed by atoms with Crippen LogP contribution >= 0.6 is 0 Å². The molecule has 0 radical (unpaired) electrons. The van der Waals surface area contributed by atoms with E-state index in [0.717, 1.165) is 49.5 Å². The molecule has 1 heterocycles. The minimum absolute atomic E-state index is 0.0343. The summed E-state index contributed by atoms with van der Waals surface area (Å²) in [4.78, 5) is 29.4. The molecule has 0 atom stereocenters. The maximum Gasteiger partial charge on any atom is 0.255 e. The van der Waals surface area contributed by atoms with E-state index in [2.05, 4.69) is 17.1 Å². The third kappa shape index (κ3) is 4.55. The van der Waals surface area contributed by atoms with Gasteiger partial charge in [-0.2, -0.15) is 0 Å². The van der Waals surface area contributed by atoms with Crippen LogP contribution in [0.4, 0.5) is 5.69 Å². The molecule has 27 heavy (non-hydrogen) atoms. The minimum Gasteiger partial charge on any atom is -0.336 e. The molecular weight excluding hydrogens is 338 g/mol. The fraction of sp³-hybridized carbons (Fsp3) is 0.364.